The van der Waals surface area contributed by atoms with E-state index in [1.165, 1.54) is 103 Å². The van der Waals surface area contributed by atoms with E-state index in [1.807, 2.05) is 0 Å². The van der Waals surface area contributed by atoms with Crippen molar-refractivity contribution >= 4 is 43.1 Å². The summed E-state index contributed by atoms with van der Waals surface area (Å²) in [7, 11) is 0. The minimum Gasteiger partial charge on any atom is -0.0622 e. The van der Waals surface area contributed by atoms with Gasteiger partial charge in [0.05, 0.1) is 0 Å². The molecule has 7 aromatic rings. The predicted octanol–water partition coefficient (Wildman–Crippen LogP) is 11.7. The van der Waals surface area contributed by atoms with Crippen LogP contribution in [0.5, 0.6) is 0 Å². The summed E-state index contributed by atoms with van der Waals surface area (Å²) < 4.78 is 0. The molecule has 1 saturated carbocycles. The zero-order valence-corrected chi connectivity index (χ0v) is 22.7. The SMILES string of the molecule is c1ccc(-c2c3ccccc3c(-c3cccc4c3ccc3ccccc34)c3ccc(C4CCCCC4)cc23)cc1. The van der Waals surface area contributed by atoms with Gasteiger partial charge in [-0.05, 0) is 89.7 Å². The molecule has 0 saturated heterocycles. The van der Waals surface area contributed by atoms with Crippen LogP contribution in [0.25, 0.3) is 65.3 Å². The molecule has 0 amide bonds. The molecule has 0 unspecified atom stereocenters. The lowest BCUT2D eigenvalue weighted by Gasteiger charge is -2.24. The van der Waals surface area contributed by atoms with Crippen LogP contribution in [0.1, 0.15) is 43.6 Å². The van der Waals surface area contributed by atoms with Gasteiger partial charge in [0, 0.05) is 0 Å². The third-order valence-electron chi connectivity index (χ3n) is 9.24. The molecule has 0 radical (unpaired) electrons. The van der Waals surface area contributed by atoms with Crippen molar-refractivity contribution in [2.75, 3.05) is 0 Å². The van der Waals surface area contributed by atoms with E-state index in [1.54, 1.807) is 0 Å². The van der Waals surface area contributed by atoms with Gasteiger partial charge < -0.3 is 0 Å². The van der Waals surface area contributed by atoms with Gasteiger partial charge >= 0.3 is 0 Å². The molecule has 0 N–H and O–H groups in total. The van der Waals surface area contributed by atoms with Crippen LogP contribution >= 0.6 is 0 Å². The second-order valence-corrected chi connectivity index (χ2v) is 11.5. The number of benzene rings is 7. The predicted molar refractivity (Wildman–Crippen MR) is 173 cm³/mol. The van der Waals surface area contributed by atoms with E-state index in [9.17, 15) is 0 Å². The number of hydrogen-bond donors (Lipinski definition) is 0. The van der Waals surface area contributed by atoms with Gasteiger partial charge in [0.15, 0.2) is 0 Å². The minimum absolute atomic E-state index is 0.667. The molecule has 0 heteroatoms. The van der Waals surface area contributed by atoms with Crippen molar-refractivity contribution in [3.05, 3.63) is 133 Å². The Balaban J connectivity index is 1.51. The van der Waals surface area contributed by atoms with Crippen molar-refractivity contribution in [2.45, 2.75) is 38.0 Å². The van der Waals surface area contributed by atoms with Crippen molar-refractivity contribution in [3.8, 4) is 22.3 Å². The highest BCUT2D eigenvalue weighted by atomic mass is 14.2. The lowest BCUT2D eigenvalue weighted by atomic mass is 9.80. The standard InChI is InChI=1S/C40H32/c1-3-12-27(13-4-1)30-23-25-37-38(26-30)39(29-15-5-2-6-16-29)35-18-9-10-19-36(35)40(37)34-21-11-20-32-31-17-8-7-14-28(31)22-24-33(32)34/h2,5-11,14-27H,1,3-4,12-13H2. The molecule has 0 bridgehead atoms. The van der Waals surface area contributed by atoms with E-state index in [4.69, 9.17) is 0 Å². The third-order valence-corrected chi connectivity index (χ3v) is 9.24. The van der Waals surface area contributed by atoms with Crippen molar-refractivity contribution < 1.29 is 0 Å². The van der Waals surface area contributed by atoms with Crippen LogP contribution < -0.4 is 0 Å². The Kier molecular flexibility index (Phi) is 5.66. The molecule has 1 fully saturated rings. The van der Waals surface area contributed by atoms with Crippen molar-refractivity contribution in [1.29, 1.82) is 0 Å². The Morgan fingerprint density at radius 3 is 1.88 bits per heavy atom. The summed E-state index contributed by atoms with van der Waals surface area (Å²) >= 11 is 0. The summed E-state index contributed by atoms with van der Waals surface area (Å²) in [6.45, 7) is 0. The first kappa shape index (κ1) is 23.5. The fraction of sp³-hybridized carbons (Fsp3) is 0.150. The van der Waals surface area contributed by atoms with Crippen LogP contribution in [0.3, 0.4) is 0 Å². The molecule has 7 aromatic carbocycles. The Morgan fingerprint density at radius 2 is 1.05 bits per heavy atom. The molecule has 40 heavy (non-hydrogen) atoms. The molecule has 1 aliphatic rings. The quantitative estimate of drug-likeness (QED) is 0.163. The first-order valence-corrected chi connectivity index (χ1v) is 14.8. The zero-order valence-electron chi connectivity index (χ0n) is 22.7. The molecular formula is C40H32. The highest BCUT2D eigenvalue weighted by Gasteiger charge is 2.21. The summed E-state index contributed by atoms with van der Waals surface area (Å²) in [6.07, 6.45) is 6.69. The van der Waals surface area contributed by atoms with Crippen LogP contribution in [0.15, 0.2) is 127 Å². The summed E-state index contributed by atoms with van der Waals surface area (Å²) in [4.78, 5) is 0. The van der Waals surface area contributed by atoms with E-state index in [0.29, 0.717) is 5.92 Å². The second-order valence-electron chi connectivity index (χ2n) is 11.5. The Bertz CT molecular complexity index is 2020. The largest absolute Gasteiger partial charge is 0.0622 e. The van der Waals surface area contributed by atoms with Crippen LogP contribution in [-0.4, -0.2) is 0 Å². The first-order valence-electron chi connectivity index (χ1n) is 14.8. The maximum absolute atomic E-state index is 2.55. The number of hydrogen-bond acceptors (Lipinski definition) is 0. The second kappa shape index (κ2) is 9.65. The van der Waals surface area contributed by atoms with Gasteiger partial charge in [-0.1, -0.05) is 147 Å². The molecule has 0 nitrogen and oxygen atoms in total. The van der Waals surface area contributed by atoms with Gasteiger partial charge in [-0.3, -0.25) is 0 Å². The van der Waals surface area contributed by atoms with Gasteiger partial charge in [0.2, 0.25) is 0 Å². The van der Waals surface area contributed by atoms with E-state index in [-0.39, 0.29) is 0 Å². The average molecular weight is 513 g/mol. The van der Waals surface area contributed by atoms with E-state index in [2.05, 4.69) is 127 Å². The van der Waals surface area contributed by atoms with Crippen molar-refractivity contribution in [3.63, 3.8) is 0 Å². The van der Waals surface area contributed by atoms with Gasteiger partial charge in [0.25, 0.3) is 0 Å². The highest BCUT2D eigenvalue weighted by molar-refractivity contribution is 6.24. The third kappa shape index (κ3) is 3.74. The van der Waals surface area contributed by atoms with Gasteiger partial charge in [-0.25, -0.2) is 0 Å². The first-order chi connectivity index (χ1) is 19.9. The maximum atomic E-state index is 2.55. The van der Waals surface area contributed by atoms with Crippen molar-refractivity contribution in [1.82, 2.24) is 0 Å². The molecule has 1 aliphatic carbocycles. The average Bonchev–Trinajstić information content (AvgIpc) is 3.04. The lowest BCUT2D eigenvalue weighted by Crippen LogP contribution is -2.04. The summed E-state index contributed by atoms with van der Waals surface area (Å²) in [6, 6.07) is 47.7. The molecule has 0 heterocycles. The summed E-state index contributed by atoms with van der Waals surface area (Å²) in [5, 5.41) is 10.6. The summed E-state index contributed by atoms with van der Waals surface area (Å²) in [5.74, 6) is 0.667. The number of rotatable bonds is 3. The van der Waals surface area contributed by atoms with Crippen molar-refractivity contribution in [2.24, 2.45) is 0 Å². The van der Waals surface area contributed by atoms with E-state index in [0.717, 1.165) is 0 Å². The minimum atomic E-state index is 0.667. The van der Waals surface area contributed by atoms with Gasteiger partial charge in [0.1, 0.15) is 0 Å². The van der Waals surface area contributed by atoms with E-state index < -0.39 is 0 Å². The fourth-order valence-electron chi connectivity index (χ4n) is 7.35. The Labute approximate surface area is 235 Å². The molecule has 0 spiro atoms. The van der Waals surface area contributed by atoms with Crippen LogP contribution in [0, 0.1) is 0 Å². The molecule has 0 aliphatic heterocycles. The van der Waals surface area contributed by atoms with Crippen LogP contribution in [0.4, 0.5) is 0 Å². The van der Waals surface area contributed by atoms with Gasteiger partial charge in [-0.2, -0.15) is 0 Å². The molecular weight excluding hydrogens is 480 g/mol. The lowest BCUT2D eigenvalue weighted by molar-refractivity contribution is 0.444. The molecule has 0 atom stereocenters. The van der Waals surface area contributed by atoms with Crippen LogP contribution in [0.2, 0.25) is 0 Å². The maximum Gasteiger partial charge on any atom is -0.00201 e. The zero-order chi connectivity index (χ0) is 26.5. The van der Waals surface area contributed by atoms with E-state index >= 15 is 0 Å². The molecule has 192 valence electrons. The Morgan fingerprint density at radius 1 is 0.400 bits per heavy atom. The highest BCUT2D eigenvalue weighted by Crippen LogP contribution is 2.47. The topological polar surface area (TPSA) is 0 Å². The number of fused-ring (bicyclic) bond motifs is 5. The Hall–Kier alpha value is -4.42. The van der Waals surface area contributed by atoms with Gasteiger partial charge in [-0.15, -0.1) is 0 Å². The summed E-state index contributed by atoms with van der Waals surface area (Å²) in [5.41, 5.74) is 6.82. The normalized spacial score (nSPS) is 14.4. The monoisotopic (exact) mass is 512 g/mol. The fourth-order valence-corrected chi connectivity index (χ4v) is 7.35. The van der Waals surface area contributed by atoms with Crippen LogP contribution in [-0.2, 0) is 0 Å². The molecule has 0 aromatic heterocycles. The smallest absolute Gasteiger partial charge is 0.00201 e. The molecule has 8 rings (SSSR count).